The third-order valence-electron chi connectivity index (χ3n) is 1.65. The highest BCUT2D eigenvalue weighted by Crippen LogP contribution is 2.22. The molecule has 0 fully saturated rings. The Morgan fingerprint density at radius 3 is 2.92 bits per heavy atom. The number of rotatable bonds is 1. The molecule has 0 amide bonds. The molecule has 13 heavy (non-hydrogen) atoms. The fourth-order valence-electron chi connectivity index (χ4n) is 1.03. The van der Waals surface area contributed by atoms with Gasteiger partial charge in [-0.25, -0.2) is 9.79 Å². The van der Waals surface area contributed by atoms with E-state index in [-0.39, 0.29) is 18.0 Å². The third-order valence-corrected chi connectivity index (χ3v) is 1.65. The number of carboxylic acid groups (broad SMARTS) is 1. The molecule has 0 aromatic heterocycles. The summed E-state index contributed by atoms with van der Waals surface area (Å²) < 4.78 is 0. The van der Waals surface area contributed by atoms with Crippen molar-refractivity contribution in [1.29, 1.82) is 0 Å². The van der Waals surface area contributed by atoms with Crippen molar-refractivity contribution in [3.05, 3.63) is 23.5 Å². The standard InChI is InChI=1S/C7H5N3O2.ClH/c11-7(12)5-1-4-3-9-10-6(4)8-2-5;/h2-3H,1H2,(H,11,12);1H. The van der Waals surface area contributed by atoms with Crippen molar-refractivity contribution in [2.75, 3.05) is 0 Å². The minimum Gasteiger partial charge on any atom is -0.478 e. The number of azo groups is 1. The van der Waals surface area contributed by atoms with Crippen LogP contribution >= 0.6 is 12.4 Å². The number of amidine groups is 1. The van der Waals surface area contributed by atoms with E-state index >= 15 is 0 Å². The van der Waals surface area contributed by atoms with Crippen LogP contribution in [0.25, 0.3) is 0 Å². The number of hydrogen-bond donors (Lipinski definition) is 1. The predicted octanol–water partition coefficient (Wildman–Crippen LogP) is 1.53. The third kappa shape index (κ3) is 1.65. The Balaban J connectivity index is 0.000000845. The van der Waals surface area contributed by atoms with E-state index in [2.05, 4.69) is 15.2 Å². The summed E-state index contributed by atoms with van der Waals surface area (Å²) in [6.07, 6.45) is 3.22. The lowest BCUT2D eigenvalue weighted by molar-refractivity contribution is -0.132. The monoisotopic (exact) mass is 199 g/mol. The normalized spacial score (nSPS) is 18.0. The average molecular weight is 200 g/mol. The molecule has 68 valence electrons. The first-order chi connectivity index (χ1) is 5.77. The number of carbonyl (C=O) groups is 1. The Labute approximate surface area is 80.0 Å². The van der Waals surface area contributed by atoms with Crippen LogP contribution in [-0.4, -0.2) is 16.9 Å². The maximum Gasteiger partial charge on any atom is 0.333 e. The molecule has 2 aliphatic heterocycles. The van der Waals surface area contributed by atoms with Gasteiger partial charge in [-0.05, 0) is 0 Å². The van der Waals surface area contributed by atoms with Crippen molar-refractivity contribution in [3.63, 3.8) is 0 Å². The largest absolute Gasteiger partial charge is 0.478 e. The number of fused-ring (bicyclic) bond motifs is 1. The quantitative estimate of drug-likeness (QED) is 0.695. The number of nitrogens with zero attached hydrogens (tertiary/aromatic N) is 3. The highest BCUT2D eigenvalue weighted by molar-refractivity contribution is 6.04. The van der Waals surface area contributed by atoms with Crippen molar-refractivity contribution in [3.8, 4) is 0 Å². The minimum absolute atomic E-state index is 0. The topological polar surface area (TPSA) is 74.4 Å². The number of aliphatic carboxylic acids is 1. The first-order valence-electron chi connectivity index (χ1n) is 3.38. The summed E-state index contributed by atoms with van der Waals surface area (Å²) in [6.45, 7) is 0. The molecule has 0 saturated heterocycles. The zero-order valence-electron chi connectivity index (χ0n) is 6.47. The molecule has 0 aromatic carbocycles. The Morgan fingerprint density at radius 1 is 1.46 bits per heavy atom. The van der Waals surface area contributed by atoms with Crippen molar-refractivity contribution in [1.82, 2.24) is 0 Å². The van der Waals surface area contributed by atoms with Gasteiger partial charge in [-0.3, -0.25) is 0 Å². The van der Waals surface area contributed by atoms with Gasteiger partial charge in [-0.1, -0.05) is 0 Å². The van der Waals surface area contributed by atoms with Gasteiger partial charge in [0, 0.05) is 18.2 Å². The summed E-state index contributed by atoms with van der Waals surface area (Å²) in [5.41, 5.74) is 1.05. The van der Waals surface area contributed by atoms with Crippen molar-refractivity contribution in [2.45, 2.75) is 6.42 Å². The second kappa shape index (κ2) is 3.49. The molecular formula is C7H6ClN3O2. The molecule has 0 radical (unpaired) electrons. The lowest BCUT2D eigenvalue weighted by atomic mass is 10.0. The maximum absolute atomic E-state index is 10.5. The molecule has 2 rings (SSSR count). The zero-order chi connectivity index (χ0) is 8.55. The second-order valence-electron chi connectivity index (χ2n) is 2.46. The van der Waals surface area contributed by atoms with E-state index < -0.39 is 5.97 Å². The molecule has 2 aliphatic rings. The van der Waals surface area contributed by atoms with Gasteiger partial charge in [0.25, 0.3) is 0 Å². The lowest BCUT2D eigenvalue weighted by Crippen LogP contribution is -2.08. The summed E-state index contributed by atoms with van der Waals surface area (Å²) in [5.74, 6) is -0.411. The van der Waals surface area contributed by atoms with Crippen LogP contribution in [0.2, 0.25) is 0 Å². The number of aliphatic imine (C=N–C) groups is 1. The van der Waals surface area contributed by atoms with Crippen molar-refractivity contribution >= 4 is 24.2 Å². The summed E-state index contributed by atoms with van der Waals surface area (Å²) in [6, 6.07) is 0. The van der Waals surface area contributed by atoms with E-state index in [0.29, 0.717) is 12.3 Å². The van der Waals surface area contributed by atoms with E-state index in [1.807, 2.05) is 0 Å². The summed E-state index contributed by atoms with van der Waals surface area (Å²) >= 11 is 0. The molecule has 0 unspecified atom stereocenters. The Morgan fingerprint density at radius 2 is 2.23 bits per heavy atom. The van der Waals surface area contributed by atoms with E-state index in [1.165, 1.54) is 12.4 Å². The SMILES string of the molecule is Cl.O=C(O)C1=CN=C2N=NC=C2C1. The molecule has 2 heterocycles. The smallest absolute Gasteiger partial charge is 0.333 e. The van der Waals surface area contributed by atoms with Crippen LogP contribution in [0, 0.1) is 0 Å². The second-order valence-corrected chi connectivity index (χ2v) is 2.46. The molecule has 0 aromatic rings. The summed E-state index contributed by atoms with van der Waals surface area (Å²) in [7, 11) is 0. The average Bonchev–Trinajstić information content (AvgIpc) is 2.49. The molecule has 0 spiro atoms. The van der Waals surface area contributed by atoms with Gasteiger partial charge in [0.1, 0.15) is 0 Å². The summed E-state index contributed by atoms with van der Waals surface area (Å²) in [5, 5.41) is 16.0. The Bertz CT molecular complexity index is 368. The van der Waals surface area contributed by atoms with E-state index in [1.54, 1.807) is 0 Å². The van der Waals surface area contributed by atoms with E-state index in [9.17, 15) is 4.79 Å². The Kier molecular flexibility index (Phi) is 2.57. The number of carboxylic acids is 1. The molecule has 0 saturated carbocycles. The van der Waals surface area contributed by atoms with Crippen LogP contribution in [0.5, 0.6) is 0 Å². The molecule has 1 N–H and O–H groups in total. The van der Waals surface area contributed by atoms with Crippen LogP contribution in [-0.2, 0) is 4.79 Å². The van der Waals surface area contributed by atoms with E-state index in [0.717, 1.165) is 5.57 Å². The molecule has 6 heteroatoms. The van der Waals surface area contributed by atoms with Crippen LogP contribution in [0.3, 0.4) is 0 Å². The van der Waals surface area contributed by atoms with Gasteiger partial charge in [0.15, 0.2) is 5.84 Å². The van der Waals surface area contributed by atoms with Crippen LogP contribution in [0.4, 0.5) is 0 Å². The van der Waals surface area contributed by atoms with Crippen molar-refractivity contribution < 1.29 is 9.90 Å². The van der Waals surface area contributed by atoms with Gasteiger partial charge in [-0.15, -0.1) is 17.5 Å². The fourth-order valence-corrected chi connectivity index (χ4v) is 1.03. The molecule has 0 aliphatic carbocycles. The number of halogens is 1. The summed E-state index contributed by atoms with van der Waals surface area (Å²) in [4.78, 5) is 14.4. The minimum atomic E-state index is -0.939. The van der Waals surface area contributed by atoms with Crippen molar-refractivity contribution in [2.24, 2.45) is 15.2 Å². The van der Waals surface area contributed by atoms with Crippen LogP contribution in [0.15, 0.2) is 38.8 Å². The van der Waals surface area contributed by atoms with Gasteiger partial charge in [0.2, 0.25) is 0 Å². The Hall–Kier alpha value is -1.49. The van der Waals surface area contributed by atoms with Crippen LogP contribution < -0.4 is 0 Å². The highest BCUT2D eigenvalue weighted by Gasteiger charge is 2.20. The number of hydrogen-bond acceptors (Lipinski definition) is 4. The van der Waals surface area contributed by atoms with E-state index in [4.69, 9.17) is 5.11 Å². The van der Waals surface area contributed by atoms with Gasteiger partial charge < -0.3 is 5.11 Å². The van der Waals surface area contributed by atoms with Gasteiger partial charge in [0.05, 0.1) is 11.8 Å². The predicted molar refractivity (Wildman–Crippen MR) is 48.0 cm³/mol. The molecular weight excluding hydrogens is 194 g/mol. The molecule has 0 bridgehead atoms. The maximum atomic E-state index is 10.5. The molecule has 0 atom stereocenters. The molecule has 5 nitrogen and oxygen atoms in total. The first kappa shape index (κ1) is 9.60. The first-order valence-corrected chi connectivity index (χ1v) is 3.38. The highest BCUT2D eigenvalue weighted by atomic mass is 35.5. The van der Waals surface area contributed by atoms with Crippen LogP contribution in [0.1, 0.15) is 6.42 Å². The van der Waals surface area contributed by atoms with Gasteiger partial charge >= 0.3 is 5.97 Å². The van der Waals surface area contributed by atoms with Gasteiger partial charge in [-0.2, -0.15) is 5.11 Å². The zero-order valence-corrected chi connectivity index (χ0v) is 7.28. The lowest BCUT2D eigenvalue weighted by Gasteiger charge is -2.06. The fraction of sp³-hybridized carbons (Fsp3) is 0.143.